The largest absolute Gasteiger partial charge is 0.491 e. The predicted octanol–water partition coefficient (Wildman–Crippen LogP) is 3.29. The van der Waals surface area contributed by atoms with Gasteiger partial charge in [0, 0.05) is 18.8 Å². The SMILES string of the molecule is CC(C)Oc1ccc(NCC(=O)N2CCCCCC2)cc1. The molecule has 1 aliphatic heterocycles. The van der Waals surface area contributed by atoms with Crippen LogP contribution in [0.3, 0.4) is 0 Å². The number of ether oxygens (including phenoxy) is 1. The first-order valence-electron chi connectivity index (χ1n) is 7.93. The van der Waals surface area contributed by atoms with E-state index in [9.17, 15) is 4.79 Å². The molecule has 0 aliphatic carbocycles. The molecule has 1 heterocycles. The van der Waals surface area contributed by atoms with Gasteiger partial charge in [0.15, 0.2) is 0 Å². The summed E-state index contributed by atoms with van der Waals surface area (Å²) in [5.74, 6) is 1.05. The van der Waals surface area contributed by atoms with Crippen molar-refractivity contribution in [3.63, 3.8) is 0 Å². The van der Waals surface area contributed by atoms with Gasteiger partial charge in [0.05, 0.1) is 12.6 Å². The lowest BCUT2D eigenvalue weighted by Crippen LogP contribution is -2.36. The third kappa shape index (κ3) is 5.29. The molecule has 0 saturated carbocycles. The number of carbonyl (C=O) groups is 1. The quantitative estimate of drug-likeness (QED) is 0.904. The van der Waals surface area contributed by atoms with Gasteiger partial charge in [-0.05, 0) is 51.0 Å². The molecular formula is C17H26N2O2. The summed E-state index contributed by atoms with van der Waals surface area (Å²) in [7, 11) is 0. The van der Waals surface area contributed by atoms with Crippen LogP contribution >= 0.6 is 0 Å². The summed E-state index contributed by atoms with van der Waals surface area (Å²) in [5, 5.41) is 3.20. The number of nitrogens with one attached hydrogen (secondary N) is 1. The van der Waals surface area contributed by atoms with Crippen molar-refractivity contribution in [1.82, 2.24) is 4.90 Å². The first kappa shape index (κ1) is 15.7. The maximum atomic E-state index is 12.2. The summed E-state index contributed by atoms with van der Waals surface area (Å²) in [4.78, 5) is 14.2. The molecule has 2 rings (SSSR count). The Bertz CT molecular complexity index is 435. The summed E-state index contributed by atoms with van der Waals surface area (Å²) in [6, 6.07) is 7.76. The molecule has 0 spiro atoms. The highest BCUT2D eigenvalue weighted by Gasteiger charge is 2.14. The van der Waals surface area contributed by atoms with Crippen molar-refractivity contribution in [1.29, 1.82) is 0 Å². The summed E-state index contributed by atoms with van der Waals surface area (Å²) >= 11 is 0. The minimum atomic E-state index is 0.174. The second kappa shape index (κ2) is 7.91. The number of benzene rings is 1. The van der Waals surface area contributed by atoms with E-state index in [4.69, 9.17) is 4.74 Å². The zero-order valence-electron chi connectivity index (χ0n) is 13.1. The lowest BCUT2D eigenvalue weighted by Gasteiger charge is -2.20. The van der Waals surface area contributed by atoms with Crippen molar-refractivity contribution in [2.45, 2.75) is 45.6 Å². The van der Waals surface area contributed by atoms with Gasteiger partial charge in [-0.2, -0.15) is 0 Å². The first-order valence-corrected chi connectivity index (χ1v) is 7.93. The number of rotatable bonds is 5. The molecule has 4 heteroatoms. The van der Waals surface area contributed by atoms with Crippen molar-refractivity contribution in [3.05, 3.63) is 24.3 Å². The zero-order valence-corrected chi connectivity index (χ0v) is 13.1. The van der Waals surface area contributed by atoms with E-state index in [0.29, 0.717) is 6.54 Å². The Hall–Kier alpha value is -1.71. The van der Waals surface area contributed by atoms with Crippen LogP contribution in [-0.2, 0) is 4.79 Å². The van der Waals surface area contributed by atoms with E-state index in [1.807, 2.05) is 43.0 Å². The Morgan fingerprint density at radius 1 is 1.14 bits per heavy atom. The number of hydrogen-bond acceptors (Lipinski definition) is 3. The Labute approximate surface area is 127 Å². The minimum absolute atomic E-state index is 0.174. The van der Waals surface area contributed by atoms with Crippen LogP contribution in [0.1, 0.15) is 39.5 Å². The van der Waals surface area contributed by atoms with Crippen LogP contribution in [0, 0.1) is 0 Å². The van der Waals surface area contributed by atoms with Crippen LogP contribution in [-0.4, -0.2) is 36.5 Å². The van der Waals surface area contributed by atoms with Gasteiger partial charge in [0.1, 0.15) is 5.75 Å². The topological polar surface area (TPSA) is 41.6 Å². The fourth-order valence-corrected chi connectivity index (χ4v) is 2.53. The summed E-state index contributed by atoms with van der Waals surface area (Å²) < 4.78 is 5.60. The van der Waals surface area contributed by atoms with Crippen molar-refractivity contribution in [2.75, 3.05) is 25.0 Å². The molecule has 1 fully saturated rings. The molecule has 0 aromatic heterocycles. The highest BCUT2D eigenvalue weighted by molar-refractivity contribution is 5.80. The number of nitrogens with zero attached hydrogens (tertiary/aromatic N) is 1. The average Bonchev–Trinajstić information content (AvgIpc) is 2.75. The smallest absolute Gasteiger partial charge is 0.241 e. The van der Waals surface area contributed by atoms with Gasteiger partial charge in [-0.15, -0.1) is 0 Å². The van der Waals surface area contributed by atoms with Crippen LogP contribution in [0.25, 0.3) is 0 Å². The van der Waals surface area contributed by atoms with Gasteiger partial charge in [0.25, 0.3) is 0 Å². The zero-order chi connectivity index (χ0) is 15.1. The number of anilines is 1. The molecule has 1 saturated heterocycles. The molecule has 0 atom stereocenters. The molecule has 0 bridgehead atoms. The van der Waals surface area contributed by atoms with Crippen LogP contribution in [0.2, 0.25) is 0 Å². The highest BCUT2D eigenvalue weighted by Crippen LogP contribution is 2.17. The van der Waals surface area contributed by atoms with E-state index in [1.165, 1.54) is 12.8 Å². The molecule has 1 aliphatic rings. The van der Waals surface area contributed by atoms with Crippen LogP contribution in [0.5, 0.6) is 5.75 Å². The van der Waals surface area contributed by atoms with E-state index in [-0.39, 0.29) is 12.0 Å². The fraction of sp³-hybridized carbons (Fsp3) is 0.588. The fourth-order valence-electron chi connectivity index (χ4n) is 2.53. The van der Waals surface area contributed by atoms with Crippen LogP contribution in [0.4, 0.5) is 5.69 Å². The monoisotopic (exact) mass is 290 g/mol. The van der Waals surface area contributed by atoms with Gasteiger partial charge in [0.2, 0.25) is 5.91 Å². The summed E-state index contributed by atoms with van der Waals surface area (Å²) in [5.41, 5.74) is 0.953. The van der Waals surface area contributed by atoms with Crippen molar-refractivity contribution in [2.24, 2.45) is 0 Å². The molecule has 1 N–H and O–H groups in total. The van der Waals surface area contributed by atoms with Crippen molar-refractivity contribution >= 4 is 11.6 Å². The molecule has 4 nitrogen and oxygen atoms in total. The van der Waals surface area contributed by atoms with Gasteiger partial charge in [-0.25, -0.2) is 0 Å². The van der Waals surface area contributed by atoms with E-state index >= 15 is 0 Å². The Kier molecular flexibility index (Phi) is 5.90. The normalized spacial score (nSPS) is 15.7. The molecule has 0 unspecified atom stereocenters. The lowest BCUT2D eigenvalue weighted by molar-refractivity contribution is -0.129. The van der Waals surface area contributed by atoms with E-state index < -0.39 is 0 Å². The van der Waals surface area contributed by atoms with Crippen molar-refractivity contribution in [3.8, 4) is 5.75 Å². The van der Waals surface area contributed by atoms with Gasteiger partial charge < -0.3 is 15.0 Å². The number of amides is 1. The number of carbonyl (C=O) groups excluding carboxylic acids is 1. The van der Waals surface area contributed by atoms with E-state index in [1.54, 1.807) is 0 Å². The average molecular weight is 290 g/mol. The molecule has 116 valence electrons. The van der Waals surface area contributed by atoms with E-state index in [2.05, 4.69) is 5.32 Å². The summed E-state index contributed by atoms with van der Waals surface area (Å²) in [6.45, 7) is 6.19. The molecule has 0 radical (unpaired) electrons. The van der Waals surface area contributed by atoms with Gasteiger partial charge >= 0.3 is 0 Å². The van der Waals surface area contributed by atoms with Crippen LogP contribution < -0.4 is 10.1 Å². The highest BCUT2D eigenvalue weighted by atomic mass is 16.5. The standard InChI is InChI=1S/C17H26N2O2/c1-14(2)21-16-9-7-15(8-10-16)18-13-17(20)19-11-5-3-4-6-12-19/h7-10,14,18H,3-6,11-13H2,1-2H3. The minimum Gasteiger partial charge on any atom is -0.491 e. The molecule has 1 amide bonds. The second-order valence-corrected chi connectivity index (χ2v) is 5.84. The Morgan fingerprint density at radius 3 is 2.33 bits per heavy atom. The Morgan fingerprint density at radius 2 is 1.76 bits per heavy atom. The second-order valence-electron chi connectivity index (χ2n) is 5.84. The van der Waals surface area contributed by atoms with Crippen LogP contribution in [0.15, 0.2) is 24.3 Å². The number of hydrogen-bond donors (Lipinski definition) is 1. The number of likely N-dealkylation sites (tertiary alicyclic amines) is 1. The predicted molar refractivity (Wildman–Crippen MR) is 85.7 cm³/mol. The van der Waals surface area contributed by atoms with Crippen molar-refractivity contribution < 1.29 is 9.53 Å². The first-order chi connectivity index (χ1) is 10.1. The van der Waals surface area contributed by atoms with Gasteiger partial charge in [-0.1, -0.05) is 12.8 Å². The molecule has 1 aromatic carbocycles. The maximum absolute atomic E-state index is 12.2. The molecular weight excluding hydrogens is 264 g/mol. The molecule has 1 aromatic rings. The molecule has 21 heavy (non-hydrogen) atoms. The third-order valence-corrected chi connectivity index (χ3v) is 3.63. The summed E-state index contributed by atoms with van der Waals surface area (Å²) in [6.07, 6.45) is 4.93. The Balaban J connectivity index is 1.80. The third-order valence-electron chi connectivity index (χ3n) is 3.63. The lowest BCUT2D eigenvalue weighted by atomic mass is 10.2. The van der Waals surface area contributed by atoms with E-state index in [0.717, 1.165) is 37.4 Å². The van der Waals surface area contributed by atoms with Gasteiger partial charge in [-0.3, -0.25) is 4.79 Å². The maximum Gasteiger partial charge on any atom is 0.241 e.